The number of benzene rings is 1. The standard InChI is InChI=1S/C18H21N3O6/c1-11-3-4-14(26-2)13(9-11)21-16(22)12(10-20-5-7-27-8-6-20)15(17(23)24)19-18(21)25/h3-4,9H,5-8,10H2,1-2H3,(H,19,25)(H,23,24). The summed E-state index contributed by atoms with van der Waals surface area (Å²) in [6, 6.07) is 5.10. The Morgan fingerprint density at radius 2 is 2.00 bits per heavy atom. The molecule has 0 bridgehead atoms. The summed E-state index contributed by atoms with van der Waals surface area (Å²) in [6.45, 7) is 4.09. The lowest BCUT2D eigenvalue weighted by molar-refractivity contribution is 0.0336. The molecule has 1 aliphatic heterocycles. The van der Waals surface area contributed by atoms with E-state index in [4.69, 9.17) is 9.47 Å². The molecule has 1 saturated heterocycles. The number of aromatic nitrogens is 2. The third-order valence-electron chi connectivity index (χ3n) is 4.47. The summed E-state index contributed by atoms with van der Waals surface area (Å²) in [5.74, 6) is -1.01. The number of aromatic amines is 1. The topological polar surface area (TPSA) is 114 Å². The fourth-order valence-electron chi connectivity index (χ4n) is 3.08. The van der Waals surface area contributed by atoms with Crippen LogP contribution in [0.15, 0.2) is 27.8 Å². The van der Waals surface area contributed by atoms with E-state index < -0.39 is 17.2 Å². The van der Waals surface area contributed by atoms with Crippen LogP contribution < -0.4 is 16.0 Å². The number of morpholine rings is 1. The lowest BCUT2D eigenvalue weighted by Gasteiger charge is -2.26. The minimum absolute atomic E-state index is 0.0209. The third-order valence-corrected chi connectivity index (χ3v) is 4.47. The number of hydrogen-bond donors (Lipinski definition) is 2. The van der Waals surface area contributed by atoms with Gasteiger partial charge in [-0.25, -0.2) is 14.2 Å². The van der Waals surface area contributed by atoms with Crippen molar-refractivity contribution in [3.8, 4) is 11.4 Å². The number of carboxylic acid groups (broad SMARTS) is 1. The van der Waals surface area contributed by atoms with E-state index in [2.05, 4.69) is 4.98 Å². The maximum atomic E-state index is 13.1. The summed E-state index contributed by atoms with van der Waals surface area (Å²) in [5, 5.41) is 9.46. The Kier molecular flexibility index (Phi) is 5.43. The molecule has 144 valence electrons. The van der Waals surface area contributed by atoms with E-state index in [1.54, 1.807) is 18.2 Å². The van der Waals surface area contributed by atoms with Gasteiger partial charge in [0, 0.05) is 19.6 Å². The van der Waals surface area contributed by atoms with Crippen molar-refractivity contribution in [1.29, 1.82) is 0 Å². The van der Waals surface area contributed by atoms with Crippen LogP contribution in [0.2, 0.25) is 0 Å². The van der Waals surface area contributed by atoms with Crippen molar-refractivity contribution >= 4 is 5.97 Å². The van der Waals surface area contributed by atoms with Crippen molar-refractivity contribution in [2.45, 2.75) is 13.5 Å². The van der Waals surface area contributed by atoms with Gasteiger partial charge >= 0.3 is 11.7 Å². The van der Waals surface area contributed by atoms with Gasteiger partial charge in [0.1, 0.15) is 11.4 Å². The van der Waals surface area contributed by atoms with Crippen LogP contribution in [0, 0.1) is 6.92 Å². The first-order chi connectivity index (χ1) is 12.9. The lowest BCUT2D eigenvalue weighted by atomic mass is 10.1. The average Bonchev–Trinajstić information content (AvgIpc) is 2.65. The molecule has 2 N–H and O–H groups in total. The first kappa shape index (κ1) is 18.9. The van der Waals surface area contributed by atoms with E-state index in [9.17, 15) is 19.5 Å². The number of ether oxygens (including phenoxy) is 2. The molecule has 0 aliphatic carbocycles. The van der Waals surface area contributed by atoms with Crippen molar-refractivity contribution in [3.63, 3.8) is 0 Å². The molecule has 27 heavy (non-hydrogen) atoms. The van der Waals surface area contributed by atoms with Crippen LogP contribution in [0.3, 0.4) is 0 Å². The number of nitrogens with zero attached hydrogens (tertiary/aromatic N) is 2. The molecule has 0 radical (unpaired) electrons. The van der Waals surface area contributed by atoms with Gasteiger partial charge in [-0.05, 0) is 24.6 Å². The number of nitrogens with one attached hydrogen (secondary N) is 1. The Labute approximate surface area is 154 Å². The van der Waals surface area contributed by atoms with Gasteiger partial charge in [-0.3, -0.25) is 9.69 Å². The second-order valence-corrected chi connectivity index (χ2v) is 6.29. The van der Waals surface area contributed by atoms with E-state index in [1.807, 2.05) is 11.8 Å². The fourth-order valence-corrected chi connectivity index (χ4v) is 3.08. The van der Waals surface area contributed by atoms with Crippen LogP contribution in [-0.2, 0) is 11.3 Å². The van der Waals surface area contributed by atoms with Crippen LogP contribution in [-0.4, -0.2) is 58.9 Å². The van der Waals surface area contributed by atoms with Crippen LogP contribution in [0.4, 0.5) is 0 Å². The molecule has 9 heteroatoms. The van der Waals surface area contributed by atoms with Crippen LogP contribution in [0.1, 0.15) is 21.6 Å². The maximum Gasteiger partial charge on any atom is 0.352 e. The summed E-state index contributed by atoms with van der Waals surface area (Å²) in [4.78, 5) is 41.5. The number of H-pyrrole nitrogens is 1. The highest BCUT2D eigenvalue weighted by Crippen LogP contribution is 2.22. The quantitative estimate of drug-likeness (QED) is 0.776. The molecule has 1 aromatic carbocycles. The van der Waals surface area contributed by atoms with Gasteiger partial charge in [-0.1, -0.05) is 6.07 Å². The Hall–Kier alpha value is -2.91. The second kappa shape index (κ2) is 7.77. The summed E-state index contributed by atoms with van der Waals surface area (Å²) in [5.41, 5.74) is -0.774. The molecule has 9 nitrogen and oxygen atoms in total. The fraction of sp³-hybridized carbons (Fsp3) is 0.389. The zero-order valence-electron chi connectivity index (χ0n) is 15.2. The summed E-state index contributed by atoms with van der Waals surface area (Å²) in [6.07, 6.45) is 0. The highest BCUT2D eigenvalue weighted by atomic mass is 16.5. The molecule has 0 spiro atoms. The number of aryl methyl sites for hydroxylation is 1. The Bertz CT molecular complexity index is 972. The van der Waals surface area contributed by atoms with Crippen molar-refractivity contribution in [1.82, 2.24) is 14.5 Å². The van der Waals surface area contributed by atoms with Crippen molar-refractivity contribution in [2.75, 3.05) is 33.4 Å². The van der Waals surface area contributed by atoms with Crippen LogP contribution in [0.5, 0.6) is 5.75 Å². The Morgan fingerprint density at radius 3 is 2.63 bits per heavy atom. The van der Waals surface area contributed by atoms with Crippen molar-refractivity contribution in [2.24, 2.45) is 0 Å². The number of methoxy groups -OCH3 is 1. The van der Waals surface area contributed by atoms with E-state index >= 15 is 0 Å². The zero-order chi connectivity index (χ0) is 19.6. The molecule has 2 aromatic rings. The van der Waals surface area contributed by atoms with Crippen molar-refractivity contribution < 1.29 is 19.4 Å². The molecule has 3 rings (SSSR count). The third kappa shape index (κ3) is 3.79. The predicted octanol–water partition coefficient (Wildman–Crippen LogP) is 0.373. The van der Waals surface area contributed by atoms with E-state index in [1.165, 1.54) is 7.11 Å². The largest absolute Gasteiger partial charge is 0.495 e. The van der Waals surface area contributed by atoms with Gasteiger partial charge in [-0.2, -0.15) is 0 Å². The molecule has 0 unspecified atom stereocenters. The van der Waals surface area contributed by atoms with Crippen LogP contribution >= 0.6 is 0 Å². The highest BCUT2D eigenvalue weighted by Gasteiger charge is 2.24. The highest BCUT2D eigenvalue weighted by molar-refractivity contribution is 5.86. The smallest absolute Gasteiger partial charge is 0.352 e. The van der Waals surface area contributed by atoms with Gasteiger partial charge < -0.3 is 19.6 Å². The molecule has 1 aromatic heterocycles. The summed E-state index contributed by atoms with van der Waals surface area (Å²) >= 11 is 0. The normalized spacial score (nSPS) is 14.9. The molecule has 1 fully saturated rings. The summed E-state index contributed by atoms with van der Waals surface area (Å²) < 4.78 is 11.5. The number of carboxylic acids is 1. The lowest BCUT2D eigenvalue weighted by Crippen LogP contribution is -2.43. The van der Waals surface area contributed by atoms with E-state index in [-0.39, 0.29) is 23.5 Å². The SMILES string of the molecule is COc1ccc(C)cc1-n1c(=O)[nH]c(C(=O)O)c(CN2CCOCC2)c1=O. The number of carbonyl (C=O) groups is 1. The van der Waals surface area contributed by atoms with Gasteiger partial charge in [0.2, 0.25) is 0 Å². The summed E-state index contributed by atoms with van der Waals surface area (Å²) in [7, 11) is 1.44. The van der Waals surface area contributed by atoms with E-state index in [0.29, 0.717) is 32.1 Å². The monoisotopic (exact) mass is 375 g/mol. The van der Waals surface area contributed by atoms with Gasteiger partial charge in [0.15, 0.2) is 0 Å². The Morgan fingerprint density at radius 1 is 1.30 bits per heavy atom. The molecular formula is C18H21N3O6. The minimum atomic E-state index is -1.35. The molecule has 0 atom stereocenters. The Balaban J connectivity index is 2.20. The molecule has 2 heterocycles. The first-order valence-corrected chi connectivity index (χ1v) is 8.49. The molecular weight excluding hydrogens is 354 g/mol. The number of rotatable bonds is 5. The van der Waals surface area contributed by atoms with Crippen molar-refractivity contribution in [3.05, 3.63) is 55.9 Å². The first-order valence-electron chi connectivity index (χ1n) is 8.49. The average molecular weight is 375 g/mol. The maximum absolute atomic E-state index is 13.1. The van der Waals surface area contributed by atoms with E-state index in [0.717, 1.165) is 10.1 Å². The zero-order valence-corrected chi connectivity index (χ0v) is 15.2. The molecule has 1 aliphatic rings. The number of aromatic carboxylic acids is 1. The number of hydrogen-bond acceptors (Lipinski definition) is 6. The van der Waals surface area contributed by atoms with Gasteiger partial charge in [0.05, 0.1) is 31.6 Å². The minimum Gasteiger partial charge on any atom is -0.495 e. The van der Waals surface area contributed by atoms with Gasteiger partial charge in [-0.15, -0.1) is 0 Å². The molecule has 0 saturated carbocycles. The van der Waals surface area contributed by atoms with Gasteiger partial charge in [0.25, 0.3) is 5.56 Å². The predicted molar refractivity (Wildman–Crippen MR) is 97.0 cm³/mol. The van der Waals surface area contributed by atoms with Crippen LogP contribution in [0.25, 0.3) is 5.69 Å². The molecule has 0 amide bonds. The second-order valence-electron chi connectivity index (χ2n) is 6.29.